The normalized spacial score (nSPS) is 11.4. The monoisotopic (exact) mass is 329 g/mol. The van der Waals surface area contributed by atoms with Gasteiger partial charge in [0.1, 0.15) is 9.84 Å². The lowest BCUT2D eigenvalue weighted by molar-refractivity contribution is -0.116. The van der Waals surface area contributed by atoms with Crippen LogP contribution in [0.3, 0.4) is 0 Å². The van der Waals surface area contributed by atoms with E-state index in [9.17, 15) is 13.2 Å². The molecule has 1 aromatic carbocycles. The van der Waals surface area contributed by atoms with Crippen molar-refractivity contribution in [1.82, 2.24) is 0 Å². The maximum absolute atomic E-state index is 11.9. The van der Waals surface area contributed by atoms with Gasteiger partial charge in [-0.25, -0.2) is 8.42 Å². The highest BCUT2D eigenvalue weighted by Gasteiger charge is 2.07. The average Bonchev–Trinajstić information content (AvgIpc) is 2.37. The molecule has 6 heteroatoms. The molecule has 1 amide bonds. The van der Waals surface area contributed by atoms with Gasteiger partial charge < -0.3 is 5.32 Å². The number of para-hydroxylation sites is 1. The molecule has 118 valence electrons. The molecule has 0 spiro atoms. The van der Waals surface area contributed by atoms with Crippen LogP contribution in [0.2, 0.25) is 0 Å². The van der Waals surface area contributed by atoms with Gasteiger partial charge in [0.25, 0.3) is 0 Å². The summed E-state index contributed by atoms with van der Waals surface area (Å²) in [5.41, 5.74) is 3.02. The number of amides is 1. The van der Waals surface area contributed by atoms with E-state index in [4.69, 9.17) is 0 Å². The van der Waals surface area contributed by atoms with Crippen molar-refractivity contribution in [3.63, 3.8) is 0 Å². The van der Waals surface area contributed by atoms with E-state index < -0.39 is 9.84 Å². The predicted octanol–water partition coefficient (Wildman–Crippen LogP) is 2.80. The van der Waals surface area contributed by atoms with E-state index >= 15 is 0 Å². The van der Waals surface area contributed by atoms with Crippen molar-refractivity contribution in [2.75, 3.05) is 28.8 Å². The summed E-state index contributed by atoms with van der Waals surface area (Å²) in [6.45, 7) is 3.95. The number of carbonyl (C=O) groups excluding carboxylic acids is 1. The van der Waals surface area contributed by atoms with Gasteiger partial charge in [0.15, 0.2) is 0 Å². The van der Waals surface area contributed by atoms with E-state index in [2.05, 4.69) is 5.32 Å². The largest absolute Gasteiger partial charge is 0.326 e. The van der Waals surface area contributed by atoms with E-state index in [0.29, 0.717) is 12.2 Å². The van der Waals surface area contributed by atoms with E-state index in [1.54, 1.807) is 11.8 Å². The Bertz CT molecular complexity index is 562. The molecule has 21 heavy (non-hydrogen) atoms. The fourth-order valence-electron chi connectivity index (χ4n) is 1.86. The van der Waals surface area contributed by atoms with Crippen LogP contribution >= 0.6 is 11.8 Å². The van der Waals surface area contributed by atoms with Gasteiger partial charge in [-0.3, -0.25) is 4.79 Å². The maximum Gasteiger partial charge on any atom is 0.224 e. The number of aryl methyl sites for hydroxylation is 2. The highest BCUT2D eigenvalue weighted by molar-refractivity contribution is 8.00. The Morgan fingerprint density at radius 1 is 1.19 bits per heavy atom. The van der Waals surface area contributed by atoms with Gasteiger partial charge >= 0.3 is 0 Å². The Kier molecular flexibility index (Phi) is 7.25. The fraction of sp³-hybridized carbons (Fsp3) is 0.533. The molecule has 1 rings (SSSR count). The highest BCUT2D eigenvalue weighted by atomic mass is 32.2. The zero-order chi connectivity index (χ0) is 15.9. The molecule has 0 unspecified atom stereocenters. The Labute approximate surface area is 131 Å². The molecule has 0 fully saturated rings. The van der Waals surface area contributed by atoms with Crippen LogP contribution in [-0.4, -0.2) is 37.8 Å². The lowest BCUT2D eigenvalue weighted by Crippen LogP contribution is -2.13. The predicted molar refractivity (Wildman–Crippen MR) is 90.8 cm³/mol. The topological polar surface area (TPSA) is 63.2 Å². The van der Waals surface area contributed by atoms with Crippen molar-refractivity contribution >= 4 is 33.2 Å². The summed E-state index contributed by atoms with van der Waals surface area (Å²) < 4.78 is 21.9. The molecule has 0 radical (unpaired) electrons. The van der Waals surface area contributed by atoms with Crippen LogP contribution in [-0.2, 0) is 14.6 Å². The van der Waals surface area contributed by atoms with Crippen LogP contribution in [0.25, 0.3) is 0 Å². The standard InChI is InChI=1S/C15H23NO3S2/c1-12-6-4-7-13(2)15(12)16-14(17)8-5-9-20-10-11-21(3,18)19/h4,6-7H,5,8-11H2,1-3H3,(H,16,17). The van der Waals surface area contributed by atoms with Crippen LogP contribution in [0.4, 0.5) is 5.69 Å². The zero-order valence-electron chi connectivity index (χ0n) is 12.8. The first kappa shape index (κ1) is 18.0. The molecule has 0 aliphatic rings. The van der Waals surface area contributed by atoms with Gasteiger partial charge in [-0.1, -0.05) is 18.2 Å². The Hall–Kier alpha value is -1.01. The molecule has 0 saturated heterocycles. The number of sulfone groups is 1. The van der Waals surface area contributed by atoms with E-state index in [1.807, 2.05) is 32.0 Å². The summed E-state index contributed by atoms with van der Waals surface area (Å²) in [5.74, 6) is 1.61. The summed E-state index contributed by atoms with van der Waals surface area (Å²) in [5, 5.41) is 2.95. The van der Waals surface area contributed by atoms with Crippen molar-refractivity contribution in [2.24, 2.45) is 0 Å². The molecule has 0 atom stereocenters. The number of rotatable bonds is 8. The summed E-state index contributed by atoms with van der Waals surface area (Å²) in [6, 6.07) is 5.92. The molecule has 1 aromatic rings. The van der Waals surface area contributed by atoms with Crippen LogP contribution in [0.1, 0.15) is 24.0 Å². The number of anilines is 1. The Morgan fingerprint density at radius 2 is 1.81 bits per heavy atom. The fourth-order valence-corrected chi connectivity index (χ4v) is 4.10. The molecule has 0 aliphatic carbocycles. The molecule has 1 N–H and O–H groups in total. The van der Waals surface area contributed by atoms with Crippen LogP contribution in [0, 0.1) is 13.8 Å². The average molecular weight is 329 g/mol. The Balaban J connectivity index is 2.26. The van der Waals surface area contributed by atoms with Gasteiger partial charge in [-0.15, -0.1) is 0 Å². The SMILES string of the molecule is Cc1cccc(C)c1NC(=O)CCCSCCS(C)(=O)=O. The second kappa shape index (κ2) is 8.44. The van der Waals surface area contributed by atoms with Gasteiger partial charge in [0.05, 0.1) is 5.75 Å². The smallest absolute Gasteiger partial charge is 0.224 e. The second-order valence-electron chi connectivity index (χ2n) is 5.16. The summed E-state index contributed by atoms with van der Waals surface area (Å²) in [7, 11) is -2.88. The first-order valence-corrected chi connectivity index (χ1v) is 10.1. The third kappa shape index (κ3) is 7.52. The van der Waals surface area contributed by atoms with Gasteiger partial charge in [-0.05, 0) is 37.1 Å². The maximum atomic E-state index is 11.9. The number of carbonyl (C=O) groups is 1. The molecule has 0 aliphatic heterocycles. The summed E-state index contributed by atoms with van der Waals surface area (Å²) in [4.78, 5) is 11.9. The summed E-state index contributed by atoms with van der Waals surface area (Å²) >= 11 is 1.58. The molecular weight excluding hydrogens is 306 g/mol. The zero-order valence-corrected chi connectivity index (χ0v) is 14.4. The lowest BCUT2D eigenvalue weighted by atomic mass is 10.1. The van der Waals surface area contributed by atoms with Crippen LogP contribution < -0.4 is 5.32 Å². The van der Waals surface area contributed by atoms with E-state index in [-0.39, 0.29) is 11.7 Å². The molecule has 0 saturated carbocycles. The van der Waals surface area contributed by atoms with Crippen LogP contribution in [0.5, 0.6) is 0 Å². The quantitative estimate of drug-likeness (QED) is 0.745. The van der Waals surface area contributed by atoms with E-state index in [1.165, 1.54) is 6.26 Å². The Morgan fingerprint density at radius 3 is 2.38 bits per heavy atom. The lowest BCUT2D eigenvalue weighted by Gasteiger charge is -2.11. The molecule has 0 bridgehead atoms. The molecule has 0 aromatic heterocycles. The summed E-state index contributed by atoms with van der Waals surface area (Å²) in [6.07, 6.45) is 2.45. The molecule has 4 nitrogen and oxygen atoms in total. The van der Waals surface area contributed by atoms with Crippen molar-refractivity contribution in [1.29, 1.82) is 0 Å². The first-order valence-electron chi connectivity index (χ1n) is 6.91. The minimum absolute atomic E-state index is 0.0103. The highest BCUT2D eigenvalue weighted by Crippen LogP contribution is 2.19. The number of hydrogen-bond donors (Lipinski definition) is 1. The number of nitrogens with one attached hydrogen (secondary N) is 1. The number of hydrogen-bond acceptors (Lipinski definition) is 4. The van der Waals surface area contributed by atoms with Crippen molar-refractivity contribution < 1.29 is 13.2 Å². The minimum Gasteiger partial charge on any atom is -0.326 e. The number of thioether (sulfide) groups is 1. The van der Waals surface area contributed by atoms with Crippen molar-refractivity contribution in [3.05, 3.63) is 29.3 Å². The van der Waals surface area contributed by atoms with Gasteiger partial charge in [-0.2, -0.15) is 11.8 Å². The van der Waals surface area contributed by atoms with Crippen molar-refractivity contribution in [3.8, 4) is 0 Å². The van der Waals surface area contributed by atoms with Crippen LogP contribution in [0.15, 0.2) is 18.2 Å². The van der Waals surface area contributed by atoms with Gasteiger partial charge in [0, 0.05) is 24.1 Å². The van der Waals surface area contributed by atoms with Crippen molar-refractivity contribution in [2.45, 2.75) is 26.7 Å². The second-order valence-corrected chi connectivity index (χ2v) is 8.65. The van der Waals surface area contributed by atoms with Gasteiger partial charge in [0.2, 0.25) is 5.91 Å². The third-order valence-corrected chi connectivity index (χ3v) is 5.31. The number of benzene rings is 1. The minimum atomic E-state index is -2.88. The van der Waals surface area contributed by atoms with E-state index in [0.717, 1.165) is 29.0 Å². The molecular formula is C15H23NO3S2. The first-order chi connectivity index (χ1) is 9.79. The third-order valence-electron chi connectivity index (χ3n) is 3.04. The molecule has 0 heterocycles.